The SMILES string of the molecule is CCC(CC#N)n1cc[nH]c1=O. The molecule has 0 aliphatic carbocycles. The molecule has 0 radical (unpaired) electrons. The summed E-state index contributed by atoms with van der Waals surface area (Å²) in [6.07, 6.45) is 4.44. The van der Waals surface area contributed by atoms with Crippen LogP contribution in [0.2, 0.25) is 0 Å². The Balaban J connectivity index is 2.88. The Hall–Kier alpha value is -1.50. The van der Waals surface area contributed by atoms with Crippen LogP contribution in [-0.2, 0) is 0 Å². The van der Waals surface area contributed by atoms with Crippen LogP contribution in [0.1, 0.15) is 25.8 Å². The molecule has 0 fully saturated rings. The maximum atomic E-state index is 11.1. The molecule has 0 aliphatic heterocycles. The van der Waals surface area contributed by atoms with Gasteiger partial charge < -0.3 is 4.98 Å². The number of rotatable bonds is 3. The molecule has 0 aromatic carbocycles. The van der Waals surface area contributed by atoms with Gasteiger partial charge in [-0.3, -0.25) is 4.57 Å². The summed E-state index contributed by atoms with van der Waals surface area (Å²) in [4.78, 5) is 13.6. The topological polar surface area (TPSA) is 61.6 Å². The van der Waals surface area contributed by atoms with Gasteiger partial charge in [0.25, 0.3) is 0 Å². The molecule has 1 aromatic heterocycles. The lowest BCUT2D eigenvalue weighted by atomic mass is 10.2. The van der Waals surface area contributed by atoms with E-state index in [0.717, 1.165) is 6.42 Å². The minimum Gasteiger partial charge on any atom is -0.313 e. The van der Waals surface area contributed by atoms with Crippen molar-refractivity contribution in [2.45, 2.75) is 25.8 Å². The van der Waals surface area contributed by atoms with E-state index in [4.69, 9.17) is 5.26 Å². The molecule has 4 nitrogen and oxygen atoms in total. The molecule has 0 amide bonds. The predicted molar refractivity (Wildman–Crippen MR) is 44.6 cm³/mol. The molecule has 0 spiro atoms. The van der Waals surface area contributed by atoms with Gasteiger partial charge in [-0.2, -0.15) is 5.26 Å². The summed E-state index contributed by atoms with van der Waals surface area (Å²) >= 11 is 0. The number of hydrogen-bond donors (Lipinski definition) is 1. The molecule has 0 saturated carbocycles. The van der Waals surface area contributed by atoms with Gasteiger partial charge in [-0.1, -0.05) is 6.92 Å². The zero-order chi connectivity index (χ0) is 8.97. The van der Waals surface area contributed by atoms with Crippen molar-refractivity contribution in [1.82, 2.24) is 9.55 Å². The first-order valence-corrected chi connectivity index (χ1v) is 3.92. The molecule has 12 heavy (non-hydrogen) atoms. The number of nitriles is 1. The third-order valence-corrected chi connectivity index (χ3v) is 1.87. The molecule has 1 atom stereocenters. The number of imidazole rings is 1. The third kappa shape index (κ3) is 1.56. The van der Waals surface area contributed by atoms with Crippen molar-refractivity contribution >= 4 is 0 Å². The highest BCUT2D eigenvalue weighted by atomic mass is 16.1. The Morgan fingerprint density at radius 2 is 2.58 bits per heavy atom. The molecule has 0 saturated heterocycles. The average Bonchev–Trinajstić information content (AvgIpc) is 2.47. The van der Waals surface area contributed by atoms with Crippen LogP contribution in [0.15, 0.2) is 17.2 Å². The first kappa shape index (κ1) is 8.60. The Bertz CT molecular complexity index is 331. The predicted octanol–water partition coefficient (Wildman–Crippen LogP) is 1.04. The van der Waals surface area contributed by atoms with Crippen LogP contribution in [0.3, 0.4) is 0 Å². The molecule has 64 valence electrons. The maximum absolute atomic E-state index is 11.1. The normalized spacial score (nSPS) is 12.3. The minimum absolute atomic E-state index is 0.00810. The number of hydrogen-bond acceptors (Lipinski definition) is 2. The summed E-state index contributed by atoms with van der Waals surface area (Å²) in [5, 5.41) is 8.48. The monoisotopic (exact) mass is 165 g/mol. The number of nitrogens with zero attached hydrogens (tertiary/aromatic N) is 2. The lowest BCUT2D eigenvalue weighted by Crippen LogP contribution is -2.20. The van der Waals surface area contributed by atoms with Gasteiger partial charge in [0.2, 0.25) is 0 Å². The molecule has 1 rings (SSSR count). The number of aromatic nitrogens is 2. The Labute approximate surface area is 70.4 Å². The largest absolute Gasteiger partial charge is 0.325 e. The molecule has 0 aliphatic rings. The van der Waals surface area contributed by atoms with Crippen LogP contribution in [-0.4, -0.2) is 9.55 Å². The van der Waals surface area contributed by atoms with Gasteiger partial charge in [-0.25, -0.2) is 4.79 Å². The summed E-state index contributed by atoms with van der Waals surface area (Å²) in [7, 11) is 0. The highest BCUT2D eigenvalue weighted by Gasteiger charge is 2.08. The van der Waals surface area contributed by atoms with E-state index in [-0.39, 0.29) is 11.7 Å². The maximum Gasteiger partial charge on any atom is 0.325 e. The van der Waals surface area contributed by atoms with Crippen molar-refractivity contribution in [3.05, 3.63) is 22.9 Å². The lowest BCUT2D eigenvalue weighted by molar-refractivity contribution is 0.482. The standard InChI is InChI=1S/C8H11N3O/c1-2-7(3-4-9)11-6-5-10-8(11)12/h5-7H,2-3H2,1H3,(H,10,12). The number of aromatic amines is 1. The zero-order valence-corrected chi connectivity index (χ0v) is 6.95. The number of nitrogens with one attached hydrogen (secondary N) is 1. The summed E-state index contributed by atoms with van der Waals surface area (Å²) in [6.45, 7) is 1.96. The van der Waals surface area contributed by atoms with Crippen LogP contribution in [0.4, 0.5) is 0 Å². The van der Waals surface area contributed by atoms with E-state index in [0.29, 0.717) is 6.42 Å². The van der Waals surface area contributed by atoms with Gasteiger partial charge in [0, 0.05) is 12.4 Å². The van der Waals surface area contributed by atoms with Gasteiger partial charge in [0.05, 0.1) is 18.5 Å². The summed E-state index contributed by atoms with van der Waals surface area (Å²) < 4.78 is 1.56. The van der Waals surface area contributed by atoms with Crippen molar-refractivity contribution < 1.29 is 0 Å². The van der Waals surface area contributed by atoms with E-state index in [1.807, 2.05) is 6.92 Å². The van der Waals surface area contributed by atoms with Gasteiger partial charge in [0.1, 0.15) is 0 Å². The molecular weight excluding hydrogens is 154 g/mol. The highest BCUT2D eigenvalue weighted by Crippen LogP contribution is 2.11. The van der Waals surface area contributed by atoms with Crippen LogP contribution in [0, 0.1) is 11.3 Å². The summed E-state index contributed by atoms with van der Waals surface area (Å²) in [5.41, 5.74) is -0.142. The van der Waals surface area contributed by atoms with Crippen molar-refractivity contribution in [3.8, 4) is 6.07 Å². The minimum atomic E-state index is -0.142. The van der Waals surface area contributed by atoms with E-state index in [1.54, 1.807) is 17.0 Å². The molecule has 1 heterocycles. The fourth-order valence-corrected chi connectivity index (χ4v) is 1.16. The Morgan fingerprint density at radius 1 is 1.83 bits per heavy atom. The van der Waals surface area contributed by atoms with Crippen molar-refractivity contribution in [3.63, 3.8) is 0 Å². The third-order valence-electron chi connectivity index (χ3n) is 1.87. The molecule has 1 unspecified atom stereocenters. The van der Waals surface area contributed by atoms with Gasteiger partial charge >= 0.3 is 5.69 Å². The van der Waals surface area contributed by atoms with Crippen LogP contribution >= 0.6 is 0 Å². The van der Waals surface area contributed by atoms with Crippen LogP contribution in [0.5, 0.6) is 0 Å². The smallest absolute Gasteiger partial charge is 0.313 e. The van der Waals surface area contributed by atoms with Crippen molar-refractivity contribution in [2.75, 3.05) is 0 Å². The van der Waals surface area contributed by atoms with E-state index >= 15 is 0 Å². The first-order chi connectivity index (χ1) is 5.79. The van der Waals surface area contributed by atoms with Gasteiger partial charge in [-0.15, -0.1) is 0 Å². The van der Waals surface area contributed by atoms with Crippen LogP contribution < -0.4 is 5.69 Å². The Kier molecular flexibility index (Phi) is 2.70. The van der Waals surface area contributed by atoms with Crippen molar-refractivity contribution in [2.24, 2.45) is 0 Å². The summed E-state index contributed by atoms with van der Waals surface area (Å²) in [5.74, 6) is 0. The molecule has 0 bridgehead atoms. The van der Waals surface area contributed by atoms with E-state index < -0.39 is 0 Å². The average molecular weight is 165 g/mol. The zero-order valence-electron chi connectivity index (χ0n) is 6.95. The van der Waals surface area contributed by atoms with E-state index in [2.05, 4.69) is 11.1 Å². The van der Waals surface area contributed by atoms with Gasteiger partial charge in [-0.05, 0) is 6.42 Å². The fraction of sp³-hybridized carbons (Fsp3) is 0.500. The van der Waals surface area contributed by atoms with Crippen LogP contribution in [0.25, 0.3) is 0 Å². The molecule has 1 aromatic rings. The summed E-state index contributed by atoms with van der Waals surface area (Å²) in [6, 6.07) is 2.07. The fourth-order valence-electron chi connectivity index (χ4n) is 1.16. The lowest BCUT2D eigenvalue weighted by Gasteiger charge is -2.10. The first-order valence-electron chi connectivity index (χ1n) is 3.92. The second kappa shape index (κ2) is 3.77. The second-order valence-electron chi connectivity index (χ2n) is 2.60. The van der Waals surface area contributed by atoms with Gasteiger partial charge in [0.15, 0.2) is 0 Å². The number of H-pyrrole nitrogens is 1. The quantitative estimate of drug-likeness (QED) is 0.727. The molecule has 4 heteroatoms. The van der Waals surface area contributed by atoms with E-state index in [1.165, 1.54) is 0 Å². The highest BCUT2D eigenvalue weighted by molar-refractivity contribution is 4.86. The molecule has 1 N–H and O–H groups in total. The molecular formula is C8H11N3O. The van der Waals surface area contributed by atoms with Crippen molar-refractivity contribution in [1.29, 1.82) is 5.26 Å². The van der Waals surface area contributed by atoms with E-state index in [9.17, 15) is 4.79 Å². The Morgan fingerprint density at radius 3 is 3.00 bits per heavy atom. The second-order valence-corrected chi connectivity index (χ2v) is 2.60.